The number of aliphatic hydroxyl groups is 1. The Hall–Kier alpha value is -3.53. The lowest BCUT2D eigenvalue weighted by atomic mass is 9.42. The van der Waals surface area contributed by atoms with Gasteiger partial charge in [-0.05, 0) is 62.5 Å². The van der Waals surface area contributed by atoms with Crippen LogP contribution in [0.3, 0.4) is 0 Å². The molecule has 0 amide bonds. The minimum Gasteiger partial charge on any atom is -0.482 e. The predicted octanol–water partition coefficient (Wildman–Crippen LogP) is 6.94. The molecule has 1 aromatic carbocycles. The van der Waals surface area contributed by atoms with Crippen molar-refractivity contribution < 1.29 is 33.3 Å². The van der Waals surface area contributed by atoms with Crippen LogP contribution in [-0.2, 0) is 19.0 Å². The molecule has 8 rings (SSSR count). The fraction of sp³-hybridized carbons (Fsp3) is 0.564. The Morgan fingerprint density at radius 3 is 2.54 bits per heavy atom. The van der Waals surface area contributed by atoms with Crippen LogP contribution in [0, 0.1) is 28.6 Å². The zero-order valence-corrected chi connectivity index (χ0v) is 27.9. The Kier molecular flexibility index (Phi) is 7.81. The maximum Gasteiger partial charge on any atom is 0.345 e. The summed E-state index contributed by atoms with van der Waals surface area (Å²) in [5.74, 6) is -0.432. The number of hydrogen-bond donors (Lipinski definition) is 1. The van der Waals surface area contributed by atoms with Crippen molar-refractivity contribution >= 4 is 5.97 Å². The second-order valence-corrected chi connectivity index (χ2v) is 15.4. The van der Waals surface area contributed by atoms with Crippen molar-refractivity contribution in [3.63, 3.8) is 0 Å². The van der Waals surface area contributed by atoms with Gasteiger partial charge < -0.3 is 28.5 Å². The van der Waals surface area contributed by atoms with E-state index < -0.39 is 46.5 Å². The summed E-state index contributed by atoms with van der Waals surface area (Å²) < 4.78 is 32.4. The van der Waals surface area contributed by atoms with Gasteiger partial charge in [-0.15, -0.1) is 0 Å². The van der Waals surface area contributed by atoms with Crippen LogP contribution in [0.1, 0.15) is 95.7 Å². The van der Waals surface area contributed by atoms with Crippen molar-refractivity contribution in [1.82, 2.24) is 4.98 Å². The van der Waals surface area contributed by atoms with Gasteiger partial charge in [0.05, 0.1) is 24.7 Å². The number of rotatable bonds is 4. The molecule has 3 aliphatic carbocycles. The molecule has 9 nitrogen and oxygen atoms in total. The molecular formula is C39H45NO8. The number of nitrogens with zero attached hydrogens (tertiary/aromatic N) is 1. The van der Waals surface area contributed by atoms with E-state index in [0.717, 1.165) is 50.5 Å². The number of carbonyl (C=O) groups is 1. The van der Waals surface area contributed by atoms with Gasteiger partial charge in [-0.3, -0.25) is 9.78 Å². The molecular weight excluding hydrogens is 610 g/mol. The summed E-state index contributed by atoms with van der Waals surface area (Å²) >= 11 is 0. The van der Waals surface area contributed by atoms with E-state index >= 15 is 0 Å². The number of aliphatic hydroxyl groups excluding tert-OH is 1. The molecule has 0 radical (unpaired) electrons. The fourth-order valence-corrected chi connectivity index (χ4v) is 10.2. The quantitative estimate of drug-likeness (QED) is 0.299. The van der Waals surface area contributed by atoms with Crippen molar-refractivity contribution in [2.75, 3.05) is 6.61 Å². The molecule has 5 aliphatic rings. The highest BCUT2D eigenvalue weighted by Gasteiger charge is 2.71. The molecule has 0 bridgehead atoms. The molecule has 4 heterocycles. The summed E-state index contributed by atoms with van der Waals surface area (Å²) in [5.41, 5.74) is -0.997. The van der Waals surface area contributed by atoms with Gasteiger partial charge in [0, 0.05) is 40.9 Å². The molecule has 9 heteroatoms. The lowest BCUT2D eigenvalue weighted by Gasteiger charge is -2.67. The highest BCUT2D eigenvalue weighted by atomic mass is 16.7. The number of ether oxygens (including phenoxy) is 4. The van der Waals surface area contributed by atoms with Gasteiger partial charge in [0.2, 0.25) is 0 Å². The van der Waals surface area contributed by atoms with E-state index in [1.807, 2.05) is 37.3 Å². The number of hydrogen-bond acceptors (Lipinski definition) is 9. The van der Waals surface area contributed by atoms with Crippen molar-refractivity contribution in [2.45, 2.75) is 102 Å². The van der Waals surface area contributed by atoms with Crippen LogP contribution in [0.4, 0.5) is 0 Å². The third-order valence-electron chi connectivity index (χ3n) is 12.6. The van der Waals surface area contributed by atoms with Gasteiger partial charge in [-0.25, -0.2) is 4.79 Å². The van der Waals surface area contributed by atoms with Crippen LogP contribution >= 0.6 is 0 Å². The lowest BCUT2D eigenvalue weighted by Crippen LogP contribution is -2.72. The predicted molar refractivity (Wildman–Crippen MR) is 176 cm³/mol. The Morgan fingerprint density at radius 2 is 1.79 bits per heavy atom. The third-order valence-corrected chi connectivity index (χ3v) is 12.6. The monoisotopic (exact) mass is 655 g/mol. The highest BCUT2D eigenvalue weighted by molar-refractivity contribution is 5.73. The van der Waals surface area contributed by atoms with E-state index in [9.17, 15) is 14.7 Å². The van der Waals surface area contributed by atoms with Gasteiger partial charge in [0.25, 0.3) is 0 Å². The topological polar surface area (TPSA) is 117 Å². The van der Waals surface area contributed by atoms with E-state index in [-0.39, 0.29) is 35.2 Å². The maximum atomic E-state index is 13.8. The molecule has 2 aromatic heterocycles. The summed E-state index contributed by atoms with van der Waals surface area (Å²) in [5, 5.41) is 12.4. The van der Waals surface area contributed by atoms with E-state index in [1.54, 1.807) is 30.6 Å². The first-order valence-electron chi connectivity index (χ1n) is 17.6. The molecule has 0 spiro atoms. The molecule has 1 N–H and O–H groups in total. The number of aromatic nitrogens is 1. The average Bonchev–Trinajstić information content (AvgIpc) is 3.09. The first-order chi connectivity index (χ1) is 23.1. The van der Waals surface area contributed by atoms with Crippen LogP contribution in [0.15, 0.2) is 70.1 Å². The first kappa shape index (κ1) is 31.7. The number of fused-ring (bicyclic) bond motifs is 6. The van der Waals surface area contributed by atoms with E-state index in [1.165, 1.54) is 0 Å². The Balaban J connectivity index is 1.20. The van der Waals surface area contributed by atoms with Crippen LogP contribution in [0.5, 0.6) is 5.75 Å². The van der Waals surface area contributed by atoms with Gasteiger partial charge >= 0.3 is 11.6 Å². The highest BCUT2D eigenvalue weighted by Crippen LogP contribution is 2.68. The van der Waals surface area contributed by atoms with Crippen LogP contribution in [0.25, 0.3) is 11.3 Å². The lowest BCUT2D eigenvalue weighted by molar-refractivity contribution is -0.331. The van der Waals surface area contributed by atoms with Crippen LogP contribution in [-0.4, -0.2) is 40.5 Å². The Bertz CT molecular complexity index is 1720. The van der Waals surface area contributed by atoms with Crippen molar-refractivity contribution in [3.8, 4) is 17.1 Å². The molecule has 3 saturated carbocycles. The second-order valence-electron chi connectivity index (χ2n) is 15.4. The summed E-state index contributed by atoms with van der Waals surface area (Å²) in [6.45, 7) is 6.82. The van der Waals surface area contributed by atoms with Gasteiger partial charge in [0.15, 0.2) is 6.29 Å². The summed E-state index contributed by atoms with van der Waals surface area (Å²) in [6, 6.07) is 15.2. The maximum absolute atomic E-state index is 13.8. The van der Waals surface area contributed by atoms with Gasteiger partial charge in [0.1, 0.15) is 28.8 Å². The van der Waals surface area contributed by atoms with Gasteiger partial charge in [-0.2, -0.15) is 0 Å². The number of esters is 1. The fourth-order valence-electron chi connectivity index (χ4n) is 10.2. The standard InChI is InChI=1S/C39H45NO8/c1-37-17-16-29-38(2,22-44-36(47-29)24-13-8-5-9-14-24)28(37)20-30(46-34(42)23-11-6-4-7-12-23)39(3)33(37)32(41)31-27(48-39)19-26(45-35(31)43)25-15-10-18-40-21-25/h5,8-10,13-15,18-19,21,23,28-30,32-33,36,41H,4,6-7,11-12,16-17,20,22H2,1-3H3/t28?,29-,30-,32?,33?,36+,37-,38-,39+/m0/s1. The first-order valence-corrected chi connectivity index (χ1v) is 17.6. The Morgan fingerprint density at radius 1 is 1.00 bits per heavy atom. The van der Waals surface area contributed by atoms with E-state index in [0.29, 0.717) is 24.4 Å². The van der Waals surface area contributed by atoms with Crippen LogP contribution < -0.4 is 10.4 Å². The minimum atomic E-state index is -1.20. The SMILES string of the molecule is C[C@]12CC[C@@H]3O[C@H](c4ccccc4)OC[C@@]3(C)C1C[C@H](OC(=O)C1CCCCC1)[C@@]1(C)Oc3cc(-c4cccnc4)oc(=O)c3C(O)C21. The Labute approximate surface area is 281 Å². The molecule has 3 aromatic rings. The molecule has 254 valence electrons. The zero-order chi connectivity index (χ0) is 33.3. The summed E-state index contributed by atoms with van der Waals surface area (Å²) in [7, 11) is 0. The van der Waals surface area contributed by atoms with Crippen molar-refractivity contribution in [1.29, 1.82) is 0 Å². The van der Waals surface area contributed by atoms with E-state index in [2.05, 4.69) is 18.8 Å². The second kappa shape index (κ2) is 11.8. The third kappa shape index (κ3) is 4.95. The van der Waals surface area contributed by atoms with Gasteiger partial charge in [-0.1, -0.05) is 63.4 Å². The molecule has 9 atom stereocenters. The van der Waals surface area contributed by atoms with Crippen molar-refractivity contribution in [2.24, 2.45) is 28.6 Å². The number of benzene rings is 1. The van der Waals surface area contributed by atoms with Crippen LogP contribution in [0.2, 0.25) is 0 Å². The summed E-state index contributed by atoms with van der Waals surface area (Å²) in [6.07, 6.45) is 7.62. The largest absolute Gasteiger partial charge is 0.482 e. The average molecular weight is 656 g/mol. The molecule has 1 saturated heterocycles. The van der Waals surface area contributed by atoms with Crippen molar-refractivity contribution in [3.05, 3.63) is 82.5 Å². The normalized spacial score (nSPS) is 37.6. The summed E-state index contributed by atoms with van der Waals surface area (Å²) in [4.78, 5) is 31.7. The number of pyridine rings is 1. The molecule has 4 fully saturated rings. The molecule has 48 heavy (non-hydrogen) atoms. The smallest absolute Gasteiger partial charge is 0.345 e. The zero-order valence-electron chi connectivity index (χ0n) is 27.9. The minimum absolute atomic E-state index is 0.0655. The van der Waals surface area contributed by atoms with E-state index in [4.69, 9.17) is 23.4 Å². The number of carbonyl (C=O) groups excluding carboxylic acids is 1. The molecule has 2 aliphatic heterocycles. The molecule has 3 unspecified atom stereocenters.